The van der Waals surface area contributed by atoms with Crippen molar-refractivity contribution < 1.29 is 13.9 Å². The third-order valence-corrected chi connectivity index (χ3v) is 9.84. The van der Waals surface area contributed by atoms with Crippen LogP contribution in [0.2, 0.25) is 0 Å². The minimum atomic E-state index is 0.403. The van der Waals surface area contributed by atoms with Crippen molar-refractivity contribution in [3.8, 4) is 56.9 Å². The van der Waals surface area contributed by atoms with Gasteiger partial charge < -0.3 is 13.9 Å². The molecule has 0 aliphatic heterocycles. The maximum absolute atomic E-state index is 6.13. The third kappa shape index (κ3) is 10.1. The monoisotopic (exact) mass is 734 g/mol. The third-order valence-electron chi connectivity index (χ3n) is 9.84. The molecule has 0 saturated carbocycles. The fraction of sp³-hybridized carbons (Fsp3) is 0.348. The molecule has 4 aromatic carbocycles. The molecule has 3 heterocycles. The Labute approximate surface area is 323 Å². The molecule has 0 atom stereocenters. The number of ether oxygens (including phenoxy) is 2. The van der Waals surface area contributed by atoms with Gasteiger partial charge in [-0.05, 0) is 97.8 Å². The van der Waals surface area contributed by atoms with E-state index in [0.29, 0.717) is 11.8 Å². The number of hydrogen-bond donors (Lipinski definition) is 0. The standard InChI is InChI=1S/C46H50N6O3/c1-3-5-7-9-11-13-27-53-37-21-15-33(16-22-37)43-31-47-41-29-35(19-25-39(41)49-43)45-51-52-46(55-45)36-20-26-40-42(30-36)48-32-44(50-40)34-17-23-38(24-18-34)54-28-14-12-10-8-6-4-2/h15-26,29-32H,3-14,27-28H2,1-2H3. The van der Waals surface area contributed by atoms with Gasteiger partial charge in [0.05, 0.1) is 59.1 Å². The number of benzene rings is 4. The van der Waals surface area contributed by atoms with Crippen LogP contribution in [0.25, 0.3) is 67.5 Å². The van der Waals surface area contributed by atoms with Crippen molar-refractivity contribution in [2.75, 3.05) is 13.2 Å². The average molecular weight is 735 g/mol. The summed E-state index contributed by atoms with van der Waals surface area (Å²) in [6, 6.07) is 27.7. The van der Waals surface area contributed by atoms with Crippen LogP contribution < -0.4 is 9.47 Å². The molecule has 0 radical (unpaired) electrons. The average Bonchev–Trinajstić information content (AvgIpc) is 3.73. The largest absolute Gasteiger partial charge is 0.494 e. The van der Waals surface area contributed by atoms with E-state index in [1.54, 1.807) is 12.4 Å². The molecule has 0 N–H and O–H groups in total. The lowest BCUT2D eigenvalue weighted by Gasteiger charge is -2.08. The van der Waals surface area contributed by atoms with Crippen LogP contribution in [-0.4, -0.2) is 43.3 Å². The first-order valence-electron chi connectivity index (χ1n) is 20.0. The smallest absolute Gasteiger partial charge is 0.248 e. The van der Waals surface area contributed by atoms with E-state index in [4.69, 9.17) is 33.8 Å². The summed E-state index contributed by atoms with van der Waals surface area (Å²) in [5.41, 5.74) is 8.16. The fourth-order valence-corrected chi connectivity index (χ4v) is 6.61. The van der Waals surface area contributed by atoms with Crippen molar-refractivity contribution in [3.05, 3.63) is 97.3 Å². The van der Waals surface area contributed by atoms with Crippen LogP contribution >= 0.6 is 0 Å². The molecular weight excluding hydrogens is 685 g/mol. The molecular formula is C46H50N6O3. The molecule has 0 bridgehead atoms. The van der Waals surface area contributed by atoms with E-state index < -0.39 is 0 Å². The van der Waals surface area contributed by atoms with Crippen LogP contribution in [0.5, 0.6) is 11.5 Å². The lowest BCUT2D eigenvalue weighted by Crippen LogP contribution is -1.97. The van der Waals surface area contributed by atoms with Gasteiger partial charge in [-0.15, -0.1) is 10.2 Å². The number of fused-ring (bicyclic) bond motifs is 2. The van der Waals surface area contributed by atoms with Crippen LogP contribution in [-0.2, 0) is 0 Å². The Hall–Kier alpha value is -5.70. The van der Waals surface area contributed by atoms with Crippen LogP contribution in [0.15, 0.2) is 102 Å². The zero-order valence-electron chi connectivity index (χ0n) is 32.0. The lowest BCUT2D eigenvalue weighted by atomic mass is 10.1. The first kappa shape index (κ1) is 37.6. The number of unbranched alkanes of at least 4 members (excludes halogenated alkanes) is 10. The molecule has 0 saturated heterocycles. The Kier molecular flexibility index (Phi) is 13.0. The number of rotatable bonds is 20. The number of hydrogen-bond acceptors (Lipinski definition) is 9. The highest BCUT2D eigenvalue weighted by Crippen LogP contribution is 2.30. The second-order valence-electron chi connectivity index (χ2n) is 14.1. The summed E-state index contributed by atoms with van der Waals surface area (Å²) in [6.07, 6.45) is 18.6. The summed E-state index contributed by atoms with van der Waals surface area (Å²) >= 11 is 0. The van der Waals surface area contributed by atoms with E-state index >= 15 is 0 Å². The Balaban J connectivity index is 0.952. The molecule has 9 heteroatoms. The van der Waals surface area contributed by atoms with Gasteiger partial charge in [-0.1, -0.05) is 78.1 Å². The topological polar surface area (TPSA) is 109 Å². The molecule has 0 fully saturated rings. The van der Waals surface area contributed by atoms with Gasteiger partial charge in [-0.25, -0.2) is 9.97 Å². The van der Waals surface area contributed by atoms with Gasteiger partial charge in [-0.2, -0.15) is 0 Å². The minimum absolute atomic E-state index is 0.403. The lowest BCUT2D eigenvalue weighted by molar-refractivity contribution is 0.304. The van der Waals surface area contributed by atoms with Crippen molar-refractivity contribution in [1.82, 2.24) is 30.1 Å². The first-order valence-corrected chi connectivity index (χ1v) is 20.0. The van der Waals surface area contributed by atoms with E-state index in [-0.39, 0.29) is 0 Å². The molecule has 282 valence electrons. The molecule has 55 heavy (non-hydrogen) atoms. The highest BCUT2D eigenvalue weighted by atomic mass is 16.5. The number of nitrogens with zero attached hydrogens (tertiary/aromatic N) is 6. The maximum Gasteiger partial charge on any atom is 0.248 e. The van der Waals surface area contributed by atoms with E-state index in [0.717, 1.165) is 93.3 Å². The quantitative estimate of drug-likeness (QED) is 0.0707. The van der Waals surface area contributed by atoms with Crippen LogP contribution in [0.4, 0.5) is 0 Å². The van der Waals surface area contributed by atoms with Crippen molar-refractivity contribution in [2.45, 2.75) is 90.9 Å². The van der Waals surface area contributed by atoms with Gasteiger partial charge in [-0.3, -0.25) is 9.97 Å². The molecule has 0 spiro atoms. The van der Waals surface area contributed by atoms with Crippen molar-refractivity contribution in [1.29, 1.82) is 0 Å². The van der Waals surface area contributed by atoms with E-state index in [9.17, 15) is 0 Å². The summed E-state index contributed by atoms with van der Waals surface area (Å²) in [6.45, 7) is 5.97. The second-order valence-corrected chi connectivity index (χ2v) is 14.1. The molecule has 0 unspecified atom stereocenters. The Morgan fingerprint density at radius 1 is 0.436 bits per heavy atom. The molecule has 0 aliphatic rings. The van der Waals surface area contributed by atoms with E-state index in [2.05, 4.69) is 24.0 Å². The van der Waals surface area contributed by atoms with Crippen LogP contribution in [0, 0.1) is 0 Å². The second kappa shape index (κ2) is 19.1. The van der Waals surface area contributed by atoms with Gasteiger partial charge in [0.25, 0.3) is 0 Å². The van der Waals surface area contributed by atoms with Gasteiger partial charge >= 0.3 is 0 Å². The van der Waals surface area contributed by atoms with Gasteiger partial charge in [0.15, 0.2) is 0 Å². The highest BCUT2D eigenvalue weighted by Gasteiger charge is 2.14. The van der Waals surface area contributed by atoms with Crippen LogP contribution in [0.1, 0.15) is 90.9 Å². The van der Waals surface area contributed by atoms with E-state index in [1.165, 1.54) is 64.2 Å². The molecule has 0 amide bonds. The zero-order valence-corrected chi connectivity index (χ0v) is 32.0. The van der Waals surface area contributed by atoms with Gasteiger partial charge in [0.1, 0.15) is 11.5 Å². The normalized spacial score (nSPS) is 11.4. The molecule has 3 aromatic heterocycles. The molecule has 0 aliphatic carbocycles. The first-order chi connectivity index (χ1) is 27.2. The molecule has 7 rings (SSSR count). The summed E-state index contributed by atoms with van der Waals surface area (Å²) in [7, 11) is 0. The maximum atomic E-state index is 6.13. The predicted molar refractivity (Wildman–Crippen MR) is 220 cm³/mol. The number of aromatic nitrogens is 6. The van der Waals surface area contributed by atoms with Crippen molar-refractivity contribution in [3.63, 3.8) is 0 Å². The summed E-state index contributed by atoms with van der Waals surface area (Å²) in [5.74, 6) is 2.56. The van der Waals surface area contributed by atoms with Gasteiger partial charge in [0, 0.05) is 22.3 Å². The Bertz CT molecular complexity index is 2110. The summed E-state index contributed by atoms with van der Waals surface area (Å²) in [5, 5.41) is 8.68. The van der Waals surface area contributed by atoms with Crippen molar-refractivity contribution >= 4 is 22.1 Å². The highest BCUT2D eigenvalue weighted by molar-refractivity contribution is 5.83. The molecule has 9 nitrogen and oxygen atoms in total. The van der Waals surface area contributed by atoms with Gasteiger partial charge in [0.2, 0.25) is 11.8 Å². The molecule has 7 aromatic rings. The zero-order chi connectivity index (χ0) is 37.7. The van der Waals surface area contributed by atoms with Crippen molar-refractivity contribution in [2.24, 2.45) is 0 Å². The van der Waals surface area contributed by atoms with Crippen LogP contribution in [0.3, 0.4) is 0 Å². The summed E-state index contributed by atoms with van der Waals surface area (Å²) < 4.78 is 18.0. The van der Waals surface area contributed by atoms with E-state index in [1.807, 2.05) is 84.9 Å². The Morgan fingerprint density at radius 2 is 0.836 bits per heavy atom. The fourth-order valence-electron chi connectivity index (χ4n) is 6.61. The summed E-state index contributed by atoms with van der Waals surface area (Å²) in [4.78, 5) is 19.2. The SMILES string of the molecule is CCCCCCCCOc1ccc(-c2cnc3cc(-c4nnc(-c5ccc6nc(-c7ccc(OCCCCCCCC)cc7)cnc6c5)o4)ccc3n2)cc1. The Morgan fingerprint density at radius 3 is 1.27 bits per heavy atom. The predicted octanol–water partition coefficient (Wildman–Crippen LogP) is 12.1. The minimum Gasteiger partial charge on any atom is -0.494 e.